The van der Waals surface area contributed by atoms with E-state index in [0.717, 1.165) is 0 Å². The molecule has 0 fully saturated rings. The minimum absolute atomic E-state index is 0.329. The van der Waals surface area contributed by atoms with E-state index in [9.17, 15) is 0 Å². The summed E-state index contributed by atoms with van der Waals surface area (Å²) in [4.78, 5) is 12.9. The molecule has 1 atom stereocenters. The third kappa shape index (κ3) is 5.46. The molecule has 9 heavy (non-hydrogen) atoms. The van der Waals surface area contributed by atoms with E-state index < -0.39 is 0 Å². The Labute approximate surface area is 55.6 Å². The van der Waals surface area contributed by atoms with Crippen LogP contribution < -0.4 is 0 Å². The molecule has 0 bridgehead atoms. The summed E-state index contributed by atoms with van der Waals surface area (Å²) in [6, 6.07) is 0. The van der Waals surface area contributed by atoms with Crippen LogP contribution in [-0.2, 0) is 9.78 Å². The third-order valence-electron chi connectivity index (χ3n) is 0.852. The molecule has 0 N–H and O–H groups in total. The summed E-state index contributed by atoms with van der Waals surface area (Å²) in [5, 5.41) is 0. The highest BCUT2D eigenvalue weighted by Crippen LogP contribution is 1.90. The lowest BCUT2D eigenvalue weighted by Crippen LogP contribution is -2.05. The van der Waals surface area contributed by atoms with Crippen molar-refractivity contribution < 1.29 is 9.78 Å². The van der Waals surface area contributed by atoms with E-state index in [2.05, 4.69) is 14.8 Å². The Balaban J connectivity index is 3.15. The van der Waals surface area contributed by atoms with Gasteiger partial charge in [0.25, 0.3) is 0 Å². The quantitative estimate of drug-likeness (QED) is 0.322. The largest absolute Gasteiger partial charge is 0.300 e. The molecule has 0 aliphatic heterocycles. The van der Waals surface area contributed by atoms with Crippen LogP contribution in [0.2, 0.25) is 0 Å². The van der Waals surface area contributed by atoms with Crippen molar-refractivity contribution in [2.24, 2.45) is 10.9 Å². The summed E-state index contributed by atoms with van der Waals surface area (Å²) in [7, 11) is 3.24. The van der Waals surface area contributed by atoms with Gasteiger partial charge in [0.2, 0.25) is 0 Å². The fraction of sp³-hybridized carbons (Fsp3) is 0.833. The minimum atomic E-state index is 0.329. The van der Waals surface area contributed by atoms with E-state index in [0.29, 0.717) is 12.5 Å². The predicted octanol–water partition coefficient (Wildman–Crippen LogP) is 0.901. The van der Waals surface area contributed by atoms with Crippen LogP contribution in [0.25, 0.3) is 0 Å². The molecule has 1 unspecified atom stereocenters. The molecule has 0 radical (unpaired) electrons. The molecule has 0 aromatic rings. The van der Waals surface area contributed by atoms with Crippen molar-refractivity contribution in [1.29, 1.82) is 0 Å². The van der Waals surface area contributed by atoms with E-state index in [4.69, 9.17) is 0 Å². The van der Waals surface area contributed by atoms with Crippen LogP contribution in [0.1, 0.15) is 6.92 Å². The van der Waals surface area contributed by atoms with Crippen molar-refractivity contribution in [2.75, 3.05) is 20.8 Å². The standard InChI is InChI=1S/C6H13NO2/c1-6(4-7-2)5-9-8-3/h4,6H,5H2,1-3H3/b7-4+. The lowest BCUT2D eigenvalue weighted by atomic mass is 10.2. The van der Waals surface area contributed by atoms with Crippen molar-refractivity contribution in [2.45, 2.75) is 6.92 Å². The second-order valence-electron chi connectivity index (χ2n) is 1.84. The van der Waals surface area contributed by atoms with E-state index in [1.807, 2.05) is 13.1 Å². The van der Waals surface area contributed by atoms with Crippen molar-refractivity contribution >= 4 is 6.21 Å². The van der Waals surface area contributed by atoms with Crippen molar-refractivity contribution in [1.82, 2.24) is 0 Å². The smallest absolute Gasteiger partial charge is 0.0896 e. The molecule has 0 saturated heterocycles. The van der Waals surface area contributed by atoms with Crippen LogP contribution in [0, 0.1) is 5.92 Å². The maximum absolute atomic E-state index is 4.66. The van der Waals surface area contributed by atoms with Gasteiger partial charge >= 0.3 is 0 Å². The van der Waals surface area contributed by atoms with Crippen LogP contribution in [0.3, 0.4) is 0 Å². The van der Waals surface area contributed by atoms with Gasteiger partial charge in [-0.3, -0.25) is 0 Å². The van der Waals surface area contributed by atoms with Gasteiger partial charge in [-0.05, 0) is 0 Å². The third-order valence-corrected chi connectivity index (χ3v) is 0.852. The van der Waals surface area contributed by atoms with E-state index >= 15 is 0 Å². The molecule has 0 rings (SSSR count). The highest BCUT2D eigenvalue weighted by atomic mass is 17.2. The summed E-state index contributed by atoms with van der Waals surface area (Å²) in [5.74, 6) is 0.329. The summed E-state index contributed by atoms with van der Waals surface area (Å²) >= 11 is 0. The van der Waals surface area contributed by atoms with Gasteiger partial charge in [0, 0.05) is 19.2 Å². The Morgan fingerprint density at radius 3 is 2.78 bits per heavy atom. The Hall–Kier alpha value is -0.410. The van der Waals surface area contributed by atoms with Crippen molar-refractivity contribution in [3.8, 4) is 0 Å². The second-order valence-corrected chi connectivity index (χ2v) is 1.84. The van der Waals surface area contributed by atoms with E-state index in [-0.39, 0.29) is 0 Å². The minimum Gasteiger partial charge on any atom is -0.300 e. The Morgan fingerprint density at radius 2 is 2.33 bits per heavy atom. The molecule has 0 aliphatic carbocycles. The maximum Gasteiger partial charge on any atom is 0.0896 e. The molecule has 0 aliphatic rings. The van der Waals surface area contributed by atoms with Crippen LogP contribution in [0.5, 0.6) is 0 Å². The first-order chi connectivity index (χ1) is 4.31. The molecule has 3 nitrogen and oxygen atoms in total. The molecule has 0 aromatic carbocycles. The van der Waals surface area contributed by atoms with E-state index in [1.165, 1.54) is 7.11 Å². The number of hydrogen-bond acceptors (Lipinski definition) is 3. The normalized spacial score (nSPS) is 14.6. The topological polar surface area (TPSA) is 30.8 Å². The van der Waals surface area contributed by atoms with Gasteiger partial charge in [0.1, 0.15) is 0 Å². The highest BCUT2D eigenvalue weighted by Gasteiger charge is 1.95. The second kappa shape index (κ2) is 5.72. The molecular formula is C6H13NO2. The number of aliphatic imine (C=N–C) groups is 1. The fourth-order valence-electron chi connectivity index (χ4n) is 0.473. The Kier molecular flexibility index (Phi) is 5.46. The lowest BCUT2D eigenvalue weighted by molar-refractivity contribution is -0.275. The van der Waals surface area contributed by atoms with Gasteiger partial charge in [0.15, 0.2) is 0 Å². The zero-order valence-electron chi connectivity index (χ0n) is 6.13. The molecule has 0 amide bonds. The maximum atomic E-state index is 4.66. The Morgan fingerprint density at radius 1 is 1.67 bits per heavy atom. The fourth-order valence-corrected chi connectivity index (χ4v) is 0.473. The SMILES string of the molecule is C/N=C/C(C)COOC. The summed E-state index contributed by atoms with van der Waals surface area (Å²) in [6.45, 7) is 2.57. The predicted molar refractivity (Wildman–Crippen MR) is 36.5 cm³/mol. The first-order valence-corrected chi connectivity index (χ1v) is 2.89. The highest BCUT2D eigenvalue weighted by molar-refractivity contribution is 5.59. The first-order valence-electron chi connectivity index (χ1n) is 2.89. The molecule has 54 valence electrons. The van der Waals surface area contributed by atoms with E-state index in [1.54, 1.807) is 7.05 Å². The molecule has 0 aromatic heterocycles. The average molecular weight is 131 g/mol. The Bertz CT molecular complexity index is 83.1. The monoisotopic (exact) mass is 131 g/mol. The van der Waals surface area contributed by atoms with Crippen LogP contribution in [0.4, 0.5) is 0 Å². The number of nitrogens with zero attached hydrogens (tertiary/aromatic N) is 1. The zero-order chi connectivity index (χ0) is 7.11. The van der Waals surface area contributed by atoms with Crippen molar-refractivity contribution in [3.05, 3.63) is 0 Å². The molecule has 0 heterocycles. The molecule has 0 spiro atoms. The molecular weight excluding hydrogens is 118 g/mol. The van der Waals surface area contributed by atoms with Gasteiger partial charge in [-0.2, -0.15) is 0 Å². The van der Waals surface area contributed by atoms with Crippen LogP contribution in [-0.4, -0.2) is 27.0 Å². The first kappa shape index (κ1) is 8.59. The van der Waals surface area contributed by atoms with Gasteiger partial charge < -0.3 is 4.99 Å². The van der Waals surface area contributed by atoms with Gasteiger partial charge in [-0.15, -0.1) is 0 Å². The number of hydrogen-bond donors (Lipinski definition) is 0. The summed E-state index contributed by atoms with van der Waals surface area (Å²) in [6.07, 6.45) is 1.82. The van der Waals surface area contributed by atoms with Crippen LogP contribution in [0.15, 0.2) is 4.99 Å². The van der Waals surface area contributed by atoms with Gasteiger partial charge in [0.05, 0.1) is 13.7 Å². The van der Waals surface area contributed by atoms with Crippen LogP contribution >= 0.6 is 0 Å². The van der Waals surface area contributed by atoms with Crippen molar-refractivity contribution in [3.63, 3.8) is 0 Å². The molecule has 0 saturated carbocycles. The molecule has 3 heteroatoms. The lowest BCUT2D eigenvalue weighted by Gasteiger charge is -2.01. The average Bonchev–Trinajstić information content (AvgIpc) is 1.85. The summed E-state index contributed by atoms with van der Waals surface area (Å²) in [5.41, 5.74) is 0. The van der Waals surface area contributed by atoms with Gasteiger partial charge in [-0.25, -0.2) is 9.78 Å². The zero-order valence-corrected chi connectivity index (χ0v) is 6.13. The number of rotatable bonds is 4. The van der Waals surface area contributed by atoms with Gasteiger partial charge in [-0.1, -0.05) is 6.92 Å². The summed E-state index contributed by atoms with van der Waals surface area (Å²) < 4.78 is 0.